The Labute approximate surface area is 137 Å². The normalized spacial score (nSPS) is 11.6. The highest BCUT2D eigenvalue weighted by Gasteiger charge is 2.13. The zero-order valence-electron chi connectivity index (χ0n) is 12.0. The molecule has 0 radical (unpaired) electrons. The van der Waals surface area contributed by atoms with Crippen LogP contribution in [0.4, 0.5) is 5.69 Å². The van der Waals surface area contributed by atoms with Crippen molar-refractivity contribution < 1.29 is 13.2 Å². The zero-order chi connectivity index (χ0) is 16.6. The third kappa shape index (κ3) is 3.35. The predicted octanol–water partition coefficient (Wildman–Crippen LogP) is 2.64. The van der Waals surface area contributed by atoms with Crippen molar-refractivity contribution in [2.75, 3.05) is 11.6 Å². The van der Waals surface area contributed by atoms with Gasteiger partial charge in [-0.1, -0.05) is 11.6 Å². The smallest absolute Gasteiger partial charge is 0.257 e. The van der Waals surface area contributed by atoms with Crippen molar-refractivity contribution >= 4 is 38.5 Å². The molecule has 0 aliphatic carbocycles. The van der Waals surface area contributed by atoms with Crippen molar-refractivity contribution in [1.82, 2.24) is 9.38 Å². The van der Waals surface area contributed by atoms with Gasteiger partial charge in [-0.3, -0.25) is 9.78 Å². The number of nitrogens with zero attached hydrogens (tertiary/aromatic N) is 2. The van der Waals surface area contributed by atoms with Gasteiger partial charge in [0, 0.05) is 35.6 Å². The topological polar surface area (TPSA) is 80.5 Å². The van der Waals surface area contributed by atoms with E-state index in [0.29, 0.717) is 11.3 Å². The van der Waals surface area contributed by atoms with Crippen molar-refractivity contribution in [3.63, 3.8) is 0 Å². The fraction of sp³-hybridized carbons (Fsp3) is 0.0667. The van der Waals surface area contributed by atoms with E-state index in [-0.39, 0.29) is 15.8 Å². The van der Waals surface area contributed by atoms with Gasteiger partial charge in [0.05, 0.1) is 22.2 Å². The number of carbonyl (C=O) groups excluding carboxylic acids is 1. The summed E-state index contributed by atoms with van der Waals surface area (Å²) in [4.78, 5) is 16.3. The van der Waals surface area contributed by atoms with Crippen LogP contribution in [0.25, 0.3) is 5.52 Å². The number of hydrogen-bond acceptors (Lipinski definition) is 4. The first-order valence-corrected chi connectivity index (χ1v) is 8.83. The van der Waals surface area contributed by atoms with E-state index in [1.807, 2.05) is 0 Å². The minimum atomic E-state index is -3.42. The highest BCUT2D eigenvalue weighted by atomic mass is 35.5. The molecule has 2 aromatic heterocycles. The van der Waals surface area contributed by atoms with Crippen molar-refractivity contribution in [3.05, 3.63) is 59.6 Å². The Kier molecular flexibility index (Phi) is 3.83. The van der Waals surface area contributed by atoms with Crippen LogP contribution in [0.2, 0.25) is 5.02 Å². The molecule has 3 rings (SSSR count). The van der Waals surface area contributed by atoms with Gasteiger partial charge >= 0.3 is 0 Å². The molecule has 0 aliphatic heterocycles. The summed E-state index contributed by atoms with van der Waals surface area (Å²) in [7, 11) is -3.42. The van der Waals surface area contributed by atoms with Crippen LogP contribution in [0.3, 0.4) is 0 Å². The van der Waals surface area contributed by atoms with Crippen LogP contribution < -0.4 is 5.32 Å². The average molecular weight is 350 g/mol. The molecule has 0 bridgehead atoms. The molecule has 8 heteroatoms. The van der Waals surface area contributed by atoms with Crippen molar-refractivity contribution in [1.29, 1.82) is 0 Å². The molecule has 2 heterocycles. The Morgan fingerprint density at radius 2 is 2.04 bits per heavy atom. The van der Waals surface area contributed by atoms with Crippen LogP contribution in [-0.4, -0.2) is 30.0 Å². The van der Waals surface area contributed by atoms with E-state index in [4.69, 9.17) is 11.6 Å². The first-order chi connectivity index (χ1) is 10.8. The predicted molar refractivity (Wildman–Crippen MR) is 87.7 cm³/mol. The number of aromatic nitrogens is 2. The van der Waals surface area contributed by atoms with Gasteiger partial charge < -0.3 is 9.72 Å². The number of hydrogen-bond donors (Lipinski definition) is 1. The number of benzene rings is 1. The molecule has 6 nitrogen and oxygen atoms in total. The summed E-state index contributed by atoms with van der Waals surface area (Å²) in [6.07, 6.45) is 7.72. The summed E-state index contributed by atoms with van der Waals surface area (Å²) in [5, 5.41) is 2.88. The van der Waals surface area contributed by atoms with Gasteiger partial charge in [-0.25, -0.2) is 8.42 Å². The van der Waals surface area contributed by atoms with Crippen molar-refractivity contribution in [3.8, 4) is 0 Å². The van der Waals surface area contributed by atoms with Gasteiger partial charge in [0.2, 0.25) is 0 Å². The van der Waals surface area contributed by atoms with E-state index in [1.165, 1.54) is 18.2 Å². The van der Waals surface area contributed by atoms with E-state index >= 15 is 0 Å². The Hall–Kier alpha value is -2.38. The van der Waals surface area contributed by atoms with Crippen molar-refractivity contribution in [2.24, 2.45) is 0 Å². The van der Waals surface area contributed by atoms with E-state index in [2.05, 4.69) is 10.3 Å². The van der Waals surface area contributed by atoms with E-state index in [0.717, 1.165) is 11.8 Å². The third-order valence-corrected chi connectivity index (χ3v) is 4.53. The lowest BCUT2D eigenvalue weighted by atomic mass is 10.2. The number of rotatable bonds is 3. The zero-order valence-corrected chi connectivity index (χ0v) is 13.6. The van der Waals surface area contributed by atoms with E-state index < -0.39 is 9.84 Å². The number of anilines is 1. The highest BCUT2D eigenvalue weighted by Crippen LogP contribution is 2.23. The second-order valence-corrected chi connectivity index (χ2v) is 7.49. The summed E-state index contributed by atoms with van der Waals surface area (Å²) in [5.74, 6) is -0.365. The molecule has 0 spiro atoms. The Morgan fingerprint density at radius 3 is 2.74 bits per heavy atom. The van der Waals surface area contributed by atoms with E-state index in [1.54, 1.807) is 35.3 Å². The molecule has 1 amide bonds. The second-order valence-electron chi connectivity index (χ2n) is 5.04. The highest BCUT2D eigenvalue weighted by molar-refractivity contribution is 7.90. The molecule has 0 aliphatic rings. The monoisotopic (exact) mass is 349 g/mol. The molecule has 23 heavy (non-hydrogen) atoms. The van der Waals surface area contributed by atoms with Gasteiger partial charge in [-0.2, -0.15) is 0 Å². The number of halogens is 1. The second kappa shape index (κ2) is 5.68. The maximum Gasteiger partial charge on any atom is 0.257 e. The van der Waals surface area contributed by atoms with Gasteiger partial charge in [0.25, 0.3) is 5.91 Å². The molecule has 0 saturated heterocycles. The molecular weight excluding hydrogens is 338 g/mol. The molecular formula is C15H12ClN3O3S. The van der Waals surface area contributed by atoms with Gasteiger partial charge in [0.1, 0.15) is 0 Å². The van der Waals surface area contributed by atoms with Crippen LogP contribution in [0, 0.1) is 0 Å². The molecule has 118 valence electrons. The summed E-state index contributed by atoms with van der Waals surface area (Å²) in [5.41, 5.74) is 1.52. The molecule has 0 atom stereocenters. The average Bonchev–Trinajstić information content (AvgIpc) is 2.89. The summed E-state index contributed by atoms with van der Waals surface area (Å²) >= 11 is 5.92. The number of sulfone groups is 1. The first-order valence-electron chi connectivity index (χ1n) is 6.57. The minimum absolute atomic E-state index is 0.0477. The van der Waals surface area contributed by atoms with Crippen LogP contribution in [-0.2, 0) is 9.84 Å². The van der Waals surface area contributed by atoms with Gasteiger partial charge in [0.15, 0.2) is 9.84 Å². The standard InChI is InChI=1S/C15H12ClN3O3S/c1-23(21,22)14-6-11(16)5-12(7-14)18-15(20)10-4-13-8-17-2-3-19(13)9-10/h2-9H,1H3,(H,18,20). The quantitative estimate of drug-likeness (QED) is 0.788. The molecule has 0 saturated carbocycles. The van der Waals surface area contributed by atoms with Crippen LogP contribution >= 0.6 is 11.6 Å². The number of nitrogens with one attached hydrogen (secondary N) is 1. The van der Waals surface area contributed by atoms with Crippen LogP contribution in [0.1, 0.15) is 10.4 Å². The number of amides is 1. The maximum absolute atomic E-state index is 12.3. The summed E-state index contributed by atoms with van der Waals surface area (Å²) in [6.45, 7) is 0. The molecule has 0 unspecified atom stereocenters. The molecule has 0 fully saturated rings. The SMILES string of the molecule is CS(=O)(=O)c1cc(Cl)cc(NC(=O)c2cc3cnccn3c2)c1. The molecule has 3 aromatic rings. The van der Waals surface area contributed by atoms with Crippen LogP contribution in [0.15, 0.2) is 53.9 Å². The lowest BCUT2D eigenvalue weighted by Crippen LogP contribution is -2.11. The van der Waals surface area contributed by atoms with Crippen molar-refractivity contribution in [2.45, 2.75) is 4.90 Å². The maximum atomic E-state index is 12.3. The first kappa shape index (κ1) is 15.5. The lowest BCUT2D eigenvalue weighted by Gasteiger charge is -2.07. The Bertz CT molecular complexity index is 979. The molecule has 1 N–H and O–H groups in total. The summed E-state index contributed by atoms with van der Waals surface area (Å²) < 4.78 is 25.0. The molecule has 1 aromatic carbocycles. The minimum Gasteiger partial charge on any atom is -0.322 e. The Morgan fingerprint density at radius 1 is 1.26 bits per heavy atom. The van der Waals surface area contributed by atoms with Gasteiger partial charge in [-0.15, -0.1) is 0 Å². The summed E-state index contributed by atoms with van der Waals surface area (Å²) in [6, 6.07) is 5.89. The fourth-order valence-electron chi connectivity index (χ4n) is 2.13. The number of fused-ring (bicyclic) bond motifs is 1. The van der Waals surface area contributed by atoms with E-state index in [9.17, 15) is 13.2 Å². The number of carbonyl (C=O) groups is 1. The Balaban J connectivity index is 1.92. The largest absolute Gasteiger partial charge is 0.322 e. The fourth-order valence-corrected chi connectivity index (χ4v) is 3.12. The van der Waals surface area contributed by atoms with Crippen LogP contribution in [0.5, 0.6) is 0 Å². The van der Waals surface area contributed by atoms with Gasteiger partial charge in [-0.05, 0) is 24.3 Å². The lowest BCUT2D eigenvalue weighted by molar-refractivity contribution is 0.102. The third-order valence-electron chi connectivity index (χ3n) is 3.22.